The van der Waals surface area contributed by atoms with E-state index in [2.05, 4.69) is 21.9 Å². The Hall–Kier alpha value is -1.46. The van der Waals surface area contributed by atoms with Crippen molar-refractivity contribution < 1.29 is 0 Å². The number of nitrogens with two attached hydrogens (primary N) is 1. The van der Waals surface area contributed by atoms with Gasteiger partial charge in [-0.25, -0.2) is 9.97 Å². The van der Waals surface area contributed by atoms with Gasteiger partial charge in [0.1, 0.15) is 11.4 Å². The van der Waals surface area contributed by atoms with Crippen molar-refractivity contribution in [1.29, 1.82) is 0 Å². The first-order valence-electron chi connectivity index (χ1n) is 5.45. The van der Waals surface area contributed by atoms with E-state index >= 15 is 0 Å². The van der Waals surface area contributed by atoms with Gasteiger partial charge < -0.3 is 5.73 Å². The van der Waals surface area contributed by atoms with Crippen LogP contribution in [-0.4, -0.2) is 15.0 Å². The Morgan fingerprint density at radius 2 is 2.18 bits per heavy atom. The largest absolute Gasteiger partial charge is 0.323 e. The average Bonchev–Trinajstić information content (AvgIpc) is 2.40. The second-order valence-electron chi connectivity index (χ2n) is 3.58. The van der Waals surface area contributed by atoms with Crippen LogP contribution in [0.4, 0.5) is 0 Å². The molecular formula is C12H14N4S. The predicted molar refractivity (Wildman–Crippen MR) is 67.6 cm³/mol. The van der Waals surface area contributed by atoms with Gasteiger partial charge in [0.2, 0.25) is 0 Å². The van der Waals surface area contributed by atoms with Gasteiger partial charge in [0.05, 0.1) is 5.69 Å². The number of hydrogen-bond acceptors (Lipinski definition) is 5. The minimum absolute atomic E-state index is 0.0214. The molecule has 0 spiro atoms. The number of rotatable bonds is 4. The van der Waals surface area contributed by atoms with Crippen molar-refractivity contribution in [3.05, 3.63) is 42.6 Å². The minimum atomic E-state index is 0.0214. The fraction of sp³-hybridized carbons (Fsp3) is 0.250. The number of aromatic nitrogens is 3. The van der Waals surface area contributed by atoms with Crippen LogP contribution in [0.1, 0.15) is 25.1 Å². The normalized spacial score (nSPS) is 12.4. The Bertz CT molecular complexity index is 458. The summed E-state index contributed by atoms with van der Waals surface area (Å²) in [6, 6.07) is 5.88. The SMILES string of the molecule is CC[C@@H](N)c1ccc(Sc2ccncn2)cn1. The van der Waals surface area contributed by atoms with Crippen LogP contribution in [0.25, 0.3) is 0 Å². The van der Waals surface area contributed by atoms with E-state index in [0.29, 0.717) is 0 Å². The van der Waals surface area contributed by atoms with Crippen molar-refractivity contribution in [3.8, 4) is 0 Å². The molecule has 2 aromatic rings. The molecule has 0 radical (unpaired) electrons. The molecule has 5 heteroatoms. The highest BCUT2D eigenvalue weighted by Gasteiger charge is 2.05. The van der Waals surface area contributed by atoms with Gasteiger partial charge in [0, 0.05) is 23.3 Å². The zero-order valence-electron chi connectivity index (χ0n) is 9.58. The lowest BCUT2D eigenvalue weighted by Crippen LogP contribution is -2.10. The summed E-state index contributed by atoms with van der Waals surface area (Å²) >= 11 is 1.56. The average molecular weight is 246 g/mol. The van der Waals surface area contributed by atoms with E-state index in [1.165, 1.54) is 6.33 Å². The van der Waals surface area contributed by atoms with Gasteiger partial charge in [0.15, 0.2) is 0 Å². The standard InChI is InChI=1S/C12H14N4S/c1-2-10(13)11-4-3-9(7-15-11)17-12-5-6-14-8-16-12/h3-8,10H,2,13H2,1H3/t10-/m1/s1. The van der Waals surface area contributed by atoms with Crippen LogP contribution >= 0.6 is 11.8 Å². The Morgan fingerprint density at radius 3 is 2.76 bits per heavy atom. The van der Waals surface area contributed by atoms with E-state index in [-0.39, 0.29) is 6.04 Å². The van der Waals surface area contributed by atoms with Crippen LogP contribution in [-0.2, 0) is 0 Å². The highest BCUT2D eigenvalue weighted by Crippen LogP contribution is 2.25. The molecular weight excluding hydrogens is 232 g/mol. The van der Waals surface area contributed by atoms with Gasteiger partial charge in [-0.3, -0.25) is 4.98 Å². The van der Waals surface area contributed by atoms with Gasteiger partial charge >= 0.3 is 0 Å². The Balaban J connectivity index is 2.08. The van der Waals surface area contributed by atoms with Crippen LogP contribution in [0.15, 0.2) is 46.8 Å². The number of hydrogen-bond donors (Lipinski definition) is 1. The van der Waals surface area contributed by atoms with Crippen molar-refractivity contribution in [2.24, 2.45) is 5.73 Å². The van der Waals surface area contributed by atoms with E-state index in [0.717, 1.165) is 22.0 Å². The molecule has 0 aliphatic heterocycles. The molecule has 0 aliphatic carbocycles. The topological polar surface area (TPSA) is 64.7 Å². The molecule has 2 N–H and O–H groups in total. The molecule has 4 nitrogen and oxygen atoms in total. The van der Waals surface area contributed by atoms with Crippen LogP contribution in [0.5, 0.6) is 0 Å². The van der Waals surface area contributed by atoms with Crippen LogP contribution < -0.4 is 5.73 Å². The molecule has 2 heterocycles. The maximum Gasteiger partial charge on any atom is 0.116 e. The lowest BCUT2D eigenvalue weighted by atomic mass is 10.1. The third kappa shape index (κ3) is 3.25. The molecule has 0 unspecified atom stereocenters. The Morgan fingerprint density at radius 1 is 1.29 bits per heavy atom. The van der Waals surface area contributed by atoms with E-state index in [4.69, 9.17) is 5.73 Å². The predicted octanol–water partition coefficient (Wildman–Crippen LogP) is 2.43. The highest BCUT2D eigenvalue weighted by molar-refractivity contribution is 7.99. The zero-order chi connectivity index (χ0) is 12.1. The summed E-state index contributed by atoms with van der Waals surface area (Å²) < 4.78 is 0. The maximum atomic E-state index is 5.91. The molecule has 1 atom stereocenters. The number of pyridine rings is 1. The fourth-order valence-electron chi connectivity index (χ4n) is 1.34. The van der Waals surface area contributed by atoms with Crippen molar-refractivity contribution in [1.82, 2.24) is 15.0 Å². The number of nitrogens with zero attached hydrogens (tertiary/aromatic N) is 3. The first-order chi connectivity index (χ1) is 8.29. The summed E-state index contributed by atoms with van der Waals surface area (Å²) in [4.78, 5) is 13.4. The summed E-state index contributed by atoms with van der Waals surface area (Å²) in [5, 5.41) is 0.911. The molecule has 17 heavy (non-hydrogen) atoms. The lowest BCUT2D eigenvalue weighted by Gasteiger charge is -2.08. The second kappa shape index (κ2) is 5.75. The zero-order valence-corrected chi connectivity index (χ0v) is 10.4. The van der Waals surface area contributed by atoms with E-state index < -0.39 is 0 Å². The first kappa shape index (κ1) is 12.0. The molecule has 0 saturated carbocycles. The molecule has 0 aliphatic rings. The van der Waals surface area contributed by atoms with Crippen molar-refractivity contribution in [2.75, 3.05) is 0 Å². The first-order valence-corrected chi connectivity index (χ1v) is 6.26. The summed E-state index contributed by atoms with van der Waals surface area (Å²) in [6.45, 7) is 2.05. The van der Waals surface area contributed by atoms with Crippen molar-refractivity contribution in [2.45, 2.75) is 29.3 Å². The molecule has 0 saturated heterocycles. The quantitative estimate of drug-likeness (QED) is 0.839. The smallest absolute Gasteiger partial charge is 0.116 e. The maximum absolute atomic E-state index is 5.91. The van der Waals surface area contributed by atoms with Gasteiger partial charge in [-0.2, -0.15) is 0 Å². The summed E-state index contributed by atoms with van der Waals surface area (Å²) in [7, 11) is 0. The van der Waals surface area contributed by atoms with Gasteiger partial charge in [0.25, 0.3) is 0 Å². The molecule has 0 aromatic carbocycles. The van der Waals surface area contributed by atoms with Gasteiger partial charge in [-0.1, -0.05) is 18.7 Å². The highest BCUT2D eigenvalue weighted by atomic mass is 32.2. The van der Waals surface area contributed by atoms with Crippen LogP contribution in [0.2, 0.25) is 0 Å². The lowest BCUT2D eigenvalue weighted by molar-refractivity contribution is 0.674. The van der Waals surface area contributed by atoms with Crippen molar-refractivity contribution in [3.63, 3.8) is 0 Å². The van der Waals surface area contributed by atoms with Gasteiger partial charge in [-0.15, -0.1) is 0 Å². The van der Waals surface area contributed by atoms with Crippen LogP contribution in [0, 0.1) is 0 Å². The van der Waals surface area contributed by atoms with Crippen molar-refractivity contribution >= 4 is 11.8 Å². The van der Waals surface area contributed by atoms with Gasteiger partial charge in [-0.05, 0) is 24.6 Å². The minimum Gasteiger partial charge on any atom is -0.323 e. The molecule has 2 aromatic heterocycles. The molecule has 0 bridgehead atoms. The van der Waals surface area contributed by atoms with Crippen LogP contribution in [0.3, 0.4) is 0 Å². The van der Waals surface area contributed by atoms with E-state index in [9.17, 15) is 0 Å². The second-order valence-corrected chi connectivity index (χ2v) is 4.68. The van der Waals surface area contributed by atoms with E-state index in [1.807, 2.05) is 24.4 Å². The summed E-state index contributed by atoms with van der Waals surface area (Å²) in [6.07, 6.45) is 5.99. The summed E-state index contributed by atoms with van der Waals surface area (Å²) in [5.74, 6) is 0. The fourth-order valence-corrected chi connectivity index (χ4v) is 2.05. The Labute approximate surface area is 105 Å². The molecule has 0 fully saturated rings. The molecule has 0 amide bonds. The Kier molecular flexibility index (Phi) is 4.06. The summed E-state index contributed by atoms with van der Waals surface area (Å²) in [5.41, 5.74) is 6.84. The third-order valence-electron chi connectivity index (χ3n) is 2.36. The van der Waals surface area contributed by atoms with E-state index in [1.54, 1.807) is 18.0 Å². The monoisotopic (exact) mass is 246 g/mol. The molecule has 2 rings (SSSR count). The molecule has 88 valence electrons. The third-order valence-corrected chi connectivity index (χ3v) is 3.28.